The number of aliphatic hydroxyl groups excluding tert-OH is 2. The summed E-state index contributed by atoms with van der Waals surface area (Å²) in [4.78, 5) is 89.6. The Kier molecular flexibility index (Phi) is 13.0. The van der Waals surface area contributed by atoms with Crippen LogP contribution in [0.1, 0.15) is 82.8 Å². The van der Waals surface area contributed by atoms with Crippen molar-refractivity contribution in [3.63, 3.8) is 0 Å². The van der Waals surface area contributed by atoms with Crippen molar-refractivity contribution in [2.24, 2.45) is 45.3 Å². The number of nitrogens with one attached hydrogen (secondary N) is 4. The zero-order valence-electron chi connectivity index (χ0n) is 39.1. The van der Waals surface area contributed by atoms with Crippen LogP contribution in [-0.2, 0) is 46.5 Å². The highest BCUT2D eigenvalue weighted by Gasteiger charge is 2.73. The highest BCUT2D eigenvalue weighted by Crippen LogP contribution is 2.73. The highest BCUT2D eigenvalue weighted by atomic mass is 79.9. The number of allylic oxidation sites excluding steroid dienone is 4. The predicted octanol–water partition coefficient (Wildman–Crippen LogP) is 4.75. The first-order valence-electron chi connectivity index (χ1n) is 24.1. The second-order valence-electron chi connectivity index (χ2n) is 21.6. The molecular formula is C52H62BrN5O11. The molecule has 368 valence electrons. The van der Waals surface area contributed by atoms with Gasteiger partial charge in [0.2, 0.25) is 17.7 Å². The third-order valence-electron chi connectivity index (χ3n) is 17.5. The van der Waals surface area contributed by atoms with Gasteiger partial charge in [0, 0.05) is 47.8 Å². The summed E-state index contributed by atoms with van der Waals surface area (Å²) in [5.74, 6) is -2.46. The normalized spacial score (nSPS) is 33.7. The maximum Gasteiger partial charge on any atom is 0.407 e. The molecule has 8 aliphatic rings. The quantitative estimate of drug-likeness (QED) is 0.106. The second-order valence-corrected chi connectivity index (χ2v) is 22.1. The van der Waals surface area contributed by atoms with E-state index in [-0.39, 0.29) is 82.9 Å². The minimum Gasteiger partial charge on any atom is -0.481 e. The molecule has 2 bridgehead atoms. The van der Waals surface area contributed by atoms with E-state index in [1.165, 1.54) is 5.56 Å². The fourth-order valence-electron chi connectivity index (χ4n) is 14.6. The van der Waals surface area contributed by atoms with Crippen LogP contribution in [0.15, 0.2) is 72.3 Å². The number of nitrogens with zero attached hydrogens (tertiary/aromatic N) is 1. The number of rotatable bonds is 17. The standard InChI is InChI=1S/C52H62BrN5O11/c1-48-16-15-36(60)17-32(48)7-12-37-38-18-33-23-58(29-52(33,41(62)24-59)49(38,2)20-40(61)45(37)48)35-10-5-30(6-11-35)19-50-26-51(27-50,28-50)57-47(68)69-25-31-3-8-34(9-4-31)55-46(67)39(13-14-44(65)66)56-43(64)22-54-42(63)21-53/h3-6,8-11,15-17,33,37-40,45,59,61H,7,12-14,18-29H2,1-2H3,(H,54,63)(H,55,67)(H,56,64)(H,57,68)(H,65,66)/t33-,37-,38-,39-,40-,45+,48-,49-,50?,51?,52+/m0/s1. The topological polar surface area (TPSA) is 241 Å². The molecule has 2 aromatic carbocycles. The number of ketones is 2. The monoisotopic (exact) mass is 1010 g/mol. The van der Waals surface area contributed by atoms with Crippen molar-refractivity contribution in [3.05, 3.63) is 83.5 Å². The smallest absolute Gasteiger partial charge is 0.407 e. The van der Waals surface area contributed by atoms with Crippen LogP contribution in [0.25, 0.3) is 0 Å². The van der Waals surface area contributed by atoms with Gasteiger partial charge in [-0.2, -0.15) is 0 Å². The number of aliphatic carboxylic acids is 1. The van der Waals surface area contributed by atoms with Crippen LogP contribution in [0.2, 0.25) is 0 Å². The molecule has 17 heteroatoms. The Morgan fingerprint density at radius 1 is 0.971 bits per heavy atom. The molecule has 7 fully saturated rings. The number of Topliss-reactive ketones (excluding diaryl/α,β-unsaturated/α-hetero) is 1. The second kappa shape index (κ2) is 18.4. The van der Waals surface area contributed by atoms with Crippen LogP contribution in [0, 0.1) is 45.3 Å². The van der Waals surface area contributed by atoms with Crippen LogP contribution in [0.4, 0.5) is 16.2 Å². The molecule has 4 amide bonds. The van der Waals surface area contributed by atoms with Gasteiger partial charge in [-0.15, -0.1) is 0 Å². The lowest BCUT2D eigenvalue weighted by Gasteiger charge is -2.70. The number of carboxylic acids is 1. The van der Waals surface area contributed by atoms with E-state index in [0.29, 0.717) is 30.8 Å². The number of hydrogen-bond donors (Lipinski definition) is 7. The van der Waals surface area contributed by atoms with Gasteiger partial charge >= 0.3 is 12.1 Å². The van der Waals surface area contributed by atoms with E-state index in [9.17, 15) is 43.8 Å². The summed E-state index contributed by atoms with van der Waals surface area (Å²) < 4.78 is 5.55. The molecule has 16 nitrogen and oxygen atoms in total. The van der Waals surface area contributed by atoms with E-state index < -0.39 is 59.4 Å². The summed E-state index contributed by atoms with van der Waals surface area (Å²) in [6, 6.07) is 14.0. The van der Waals surface area contributed by atoms with Crippen LogP contribution in [0.5, 0.6) is 0 Å². The number of alkyl carbamates (subject to hydrolysis) is 1. The van der Waals surface area contributed by atoms with Gasteiger partial charge in [-0.3, -0.25) is 28.8 Å². The minimum absolute atomic E-state index is 0.000781. The average molecular weight is 1010 g/mol. The van der Waals surface area contributed by atoms with E-state index >= 15 is 0 Å². The van der Waals surface area contributed by atoms with Crippen LogP contribution >= 0.6 is 15.9 Å². The van der Waals surface area contributed by atoms with Gasteiger partial charge in [-0.05, 0) is 134 Å². The first kappa shape index (κ1) is 48.6. The SMILES string of the molecule is C[C@]12C=CC(=O)C=C1CC[C@@H]1[C@@H]2[C@@H](O)C[C@@]2(C)[C@H]1C[C@H]1CN(c3ccc(CC45CC(NC(=O)OCc6ccc(NC(=O)[C@H](CCC(=O)O)NC(=O)CNC(=O)CBr)cc6)(C4)C5)cc3)C[C@]12C(=O)CO. The Hall–Kier alpha value is -5.39. The van der Waals surface area contributed by atoms with Crippen molar-refractivity contribution < 1.29 is 53.6 Å². The third kappa shape index (κ3) is 8.81. The van der Waals surface area contributed by atoms with Crippen molar-refractivity contribution in [1.29, 1.82) is 0 Å². The van der Waals surface area contributed by atoms with E-state index in [0.717, 1.165) is 56.2 Å². The summed E-state index contributed by atoms with van der Waals surface area (Å²) in [6.45, 7) is 4.70. The number of carbonyl (C=O) groups excluding carboxylic acids is 6. The van der Waals surface area contributed by atoms with E-state index in [4.69, 9.17) is 9.84 Å². The van der Waals surface area contributed by atoms with Gasteiger partial charge in [0.05, 0.1) is 23.4 Å². The zero-order valence-corrected chi connectivity index (χ0v) is 40.6. The molecule has 0 radical (unpaired) electrons. The number of benzene rings is 2. The fraction of sp³-hybridized carbons (Fsp3) is 0.558. The number of carbonyl (C=O) groups is 7. The number of halogens is 1. The van der Waals surface area contributed by atoms with Gasteiger partial charge in [0.15, 0.2) is 11.6 Å². The Morgan fingerprint density at radius 2 is 1.68 bits per heavy atom. The Bertz CT molecular complexity index is 2470. The molecule has 0 spiro atoms. The van der Waals surface area contributed by atoms with E-state index in [2.05, 4.69) is 80.2 Å². The maximum atomic E-state index is 14.1. The summed E-state index contributed by atoms with van der Waals surface area (Å²) >= 11 is 2.98. The molecule has 7 N–H and O–H groups in total. The molecule has 69 heavy (non-hydrogen) atoms. The van der Waals surface area contributed by atoms with Crippen LogP contribution in [-0.4, -0.2) is 106 Å². The molecular weight excluding hydrogens is 950 g/mol. The minimum atomic E-state index is -1.15. The number of anilines is 2. The number of aliphatic hydroxyl groups is 2. The Balaban J connectivity index is 0.746. The van der Waals surface area contributed by atoms with Crippen molar-refractivity contribution in [3.8, 4) is 0 Å². The van der Waals surface area contributed by atoms with Crippen molar-refractivity contribution in [2.45, 2.75) is 102 Å². The fourth-order valence-corrected chi connectivity index (χ4v) is 14.8. The van der Waals surface area contributed by atoms with E-state index in [1.54, 1.807) is 36.4 Å². The number of alkyl halides is 1. The lowest BCUT2D eigenvalue weighted by molar-refractivity contribution is -0.157. The first-order chi connectivity index (χ1) is 32.8. The maximum absolute atomic E-state index is 14.1. The average Bonchev–Trinajstić information content (AvgIpc) is 3.80. The molecule has 0 aromatic heterocycles. The Labute approximate surface area is 409 Å². The molecule has 1 saturated heterocycles. The summed E-state index contributed by atoms with van der Waals surface area (Å²) in [5.41, 5.74) is 2.59. The summed E-state index contributed by atoms with van der Waals surface area (Å²) in [5, 5.41) is 42.2. The summed E-state index contributed by atoms with van der Waals surface area (Å²) in [6.07, 6.45) is 10.3. The lowest BCUT2D eigenvalue weighted by Crippen LogP contribution is -2.75. The number of carboxylic acid groups (broad SMARTS) is 1. The van der Waals surface area contributed by atoms with Gasteiger partial charge < -0.3 is 46.2 Å². The molecule has 1 heterocycles. The van der Waals surface area contributed by atoms with Crippen LogP contribution < -0.4 is 26.2 Å². The van der Waals surface area contributed by atoms with Crippen molar-refractivity contribution in [1.82, 2.24) is 16.0 Å². The molecule has 7 aliphatic carbocycles. The number of hydrogen-bond acceptors (Lipinski definition) is 11. The van der Waals surface area contributed by atoms with Gasteiger partial charge in [-0.1, -0.05) is 65.7 Å². The van der Waals surface area contributed by atoms with Crippen molar-refractivity contribution >= 4 is 68.7 Å². The van der Waals surface area contributed by atoms with Crippen LogP contribution in [0.3, 0.4) is 0 Å². The highest BCUT2D eigenvalue weighted by molar-refractivity contribution is 9.09. The Morgan fingerprint density at radius 3 is 2.36 bits per heavy atom. The number of fused-ring (bicyclic) bond motifs is 7. The molecule has 6 saturated carbocycles. The molecule has 10 rings (SSSR count). The van der Waals surface area contributed by atoms with Gasteiger partial charge in [-0.25, -0.2) is 4.79 Å². The van der Waals surface area contributed by atoms with Gasteiger partial charge in [0.25, 0.3) is 0 Å². The number of ether oxygens (including phenoxy) is 1. The third-order valence-corrected chi connectivity index (χ3v) is 18.0. The number of amides is 4. The van der Waals surface area contributed by atoms with E-state index in [1.807, 2.05) is 6.08 Å². The molecule has 1 aliphatic heterocycles. The van der Waals surface area contributed by atoms with Gasteiger partial charge in [0.1, 0.15) is 19.3 Å². The lowest BCUT2D eigenvalue weighted by atomic mass is 9.38. The largest absolute Gasteiger partial charge is 0.481 e. The molecule has 0 unspecified atom stereocenters. The van der Waals surface area contributed by atoms with Crippen molar-refractivity contribution in [2.75, 3.05) is 41.8 Å². The molecule has 9 atom stereocenters. The molecule has 2 aromatic rings. The predicted molar refractivity (Wildman–Crippen MR) is 257 cm³/mol. The zero-order chi connectivity index (χ0) is 49.1. The first-order valence-corrected chi connectivity index (χ1v) is 25.2. The summed E-state index contributed by atoms with van der Waals surface area (Å²) in [7, 11) is 0.